The first-order valence-electron chi connectivity index (χ1n) is 10.2. The lowest BCUT2D eigenvalue weighted by Crippen LogP contribution is -2.44. The molecule has 0 saturated heterocycles. The molecule has 0 aliphatic carbocycles. The van der Waals surface area contributed by atoms with Crippen LogP contribution in [0.3, 0.4) is 0 Å². The van der Waals surface area contributed by atoms with Gasteiger partial charge in [0.1, 0.15) is 5.69 Å². The van der Waals surface area contributed by atoms with Crippen LogP contribution in [0.1, 0.15) is 47.7 Å². The largest absolute Gasteiger partial charge is 0.346 e. The first-order chi connectivity index (χ1) is 14.5. The number of imidazole rings is 1. The van der Waals surface area contributed by atoms with Gasteiger partial charge in [-0.1, -0.05) is 18.2 Å². The number of hydrogen-bond acceptors (Lipinski definition) is 3. The number of hydrogen-bond donors (Lipinski definition) is 2. The lowest BCUT2D eigenvalue weighted by molar-refractivity contribution is 0.0891. The minimum Gasteiger partial charge on any atom is -0.346 e. The second-order valence-corrected chi connectivity index (χ2v) is 7.80. The van der Waals surface area contributed by atoms with Crippen LogP contribution in [-0.4, -0.2) is 32.0 Å². The van der Waals surface area contributed by atoms with Crippen molar-refractivity contribution in [2.45, 2.75) is 39.4 Å². The third kappa shape index (κ3) is 2.69. The molecule has 0 bridgehead atoms. The summed E-state index contributed by atoms with van der Waals surface area (Å²) in [6, 6.07) is 15.3. The standard InChI is InChI=1S/C23H23N5O2/c1-4-27-18-8-6-5-7-17(18)25-23(27)26-21(29)16-10-9-15-11-20-22(30)24-13(2)14(3)28(20)19(15)12-16/h5-14H,4H2,1-3H3,(H,24,30)(H,25,26,29). The van der Waals surface area contributed by atoms with Crippen molar-refractivity contribution >= 4 is 39.7 Å². The number of carbonyl (C=O) groups is 2. The molecule has 2 amide bonds. The lowest BCUT2D eigenvalue weighted by atomic mass is 10.1. The number of aromatic nitrogens is 3. The van der Waals surface area contributed by atoms with Gasteiger partial charge in [0.05, 0.1) is 17.1 Å². The summed E-state index contributed by atoms with van der Waals surface area (Å²) in [5.74, 6) is 0.222. The smallest absolute Gasteiger partial charge is 0.268 e. The van der Waals surface area contributed by atoms with E-state index in [4.69, 9.17) is 0 Å². The summed E-state index contributed by atoms with van der Waals surface area (Å²) in [4.78, 5) is 30.0. The molecule has 1 aliphatic heterocycles. The maximum Gasteiger partial charge on any atom is 0.268 e. The highest BCUT2D eigenvalue weighted by Gasteiger charge is 2.29. The molecule has 0 radical (unpaired) electrons. The summed E-state index contributed by atoms with van der Waals surface area (Å²) in [6.45, 7) is 6.79. The fraction of sp³-hybridized carbons (Fsp3) is 0.261. The lowest BCUT2D eigenvalue weighted by Gasteiger charge is -2.30. The highest BCUT2D eigenvalue weighted by molar-refractivity contribution is 6.07. The van der Waals surface area contributed by atoms with E-state index in [1.165, 1.54) is 0 Å². The first kappa shape index (κ1) is 18.4. The van der Waals surface area contributed by atoms with Crippen LogP contribution in [-0.2, 0) is 6.54 Å². The van der Waals surface area contributed by atoms with Crippen LogP contribution < -0.4 is 10.6 Å². The zero-order chi connectivity index (χ0) is 21.0. The molecule has 1 aliphatic rings. The minimum atomic E-state index is -0.224. The summed E-state index contributed by atoms with van der Waals surface area (Å²) in [5, 5.41) is 6.89. The molecule has 2 aromatic heterocycles. The van der Waals surface area contributed by atoms with E-state index in [-0.39, 0.29) is 23.9 Å². The average Bonchev–Trinajstić information content (AvgIpc) is 3.29. The SMILES string of the molecule is CCn1c(NC(=O)c2ccc3cc4n(c3c2)C(C)C(C)NC4=O)nc2ccccc21. The molecule has 0 fully saturated rings. The number of aryl methyl sites for hydroxylation is 1. The quantitative estimate of drug-likeness (QED) is 0.545. The van der Waals surface area contributed by atoms with Crippen molar-refractivity contribution in [2.75, 3.05) is 5.32 Å². The fourth-order valence-electron chi connectivity index (χ4n) is 4.27. The number of nitrogens with zero attached hydrogens (tertiary/aromatic N) is 3. The molecule has 152 valence electrons. The Balaban J connectivity index is 1.54. The van der Waals surface area contributed by atoms with E-state index in [1.54, 1.807) is 6.07 Å². The van der Waals surface area contributed by atoms with Crippen LogP contribution in [0.5, 0.6) is 0 Å². The third-order valence-electron chi connectivity index (χ3n) is 6.02. The number of para-hydroxylation sites is 2. The van der Waals surface area contributed by atoms with Crippen molar-refractivity contribution in [3.05, 3.63) is 59.8 Å². The van der Waals surface area contributed by atoms with Crippen molar-refractivity contribution in [2.24, 2.45) is 0 Å². The summed E-state index contributed by atoms with van der Waals surface area (Å²) in [7, 11) is 0. The van der Waals surface area contributed by atoms with Gasteiger partial charge in [-0.05, 0) is 51.1 Å². The van der Waals surface area contributed by atoms with Gasteiger partial charge in [-0.25, -0.2) is 4.98 Å². The molecule has 2 N–H and O–H groups in total. The number of carbonyl (C=O) groups excluding carboxylic acids is 2. The molecule has 2 atom stereocenters. The Morgan fingerprint density at radius 1 is 1.13 bits per heavy atom. The van der Waals surface area contributed by atoms with E-state index >= 15 is 0 Å². The molecule has 2 unspecified atom stereocenters. The van der Waals surface area contributed by atoms with E-state index in [9.17, 15) is 9.59 Å². The third-order valence-corrected chi connectivity index (χ3v) is 6.02. The van der Waals surface area contributed by atoms with Crippen LogP contribution in [0, 0.1) is 0 Å². The Morgan fingerprint density at radius 3 is 2.73 bits per heavy atom. The molecule has 0 saturated carbocycles. The number of rotatable bonds is 3. The van der Waals surface area contributed by atoms with Crippen LogP contribution in [0.2, 0.25) is 0 Å². The Labute approximate surface area is 173 Å². The van der Waals surface area contributed by atoms with Gasteiger partial charge in [-0.2, -0.15) is 0 Å². The second-order valence-electron chi connectivity index (χ2n) is 7.80. The normalized spacial score (nSPS) is 18.4. The molecule has 5 rings (SSSR count). The molecule has 3 heterocycles. The Kier molecular flexibility index (Phi) is 4.13. The molecule has 0 spiro atoms. The van der Waals surface area contributed by atoms with Gasteiger partial charge in [0.15, 0.2) is 0 Å². The van der Waals surface area contributed by atoms with Crippen molar-refractivity contribution in [1.29, 1.82) is 0 Å². The van der Waals surface area contributed by atoms with Gasteiger partial charge in [-0.3, -0.25) is 14.9 Å². The second kappa shape index (κ2) is 6.73. The predicted molar refractivity (Wildman–Crippen MR) is 117 cm³/mol. The Morgan fingerprint density at radius 2 is 1.93 bits per heavy atom. The molecule has 30 heavy (non-hydrogen) atoms. The van der Waals surface area contributed by atoms with Crippen molar-refractivity contribution in [1.82, 2.24) is 19.4 Å². The number of benzene rings is 2. The summed E-state index contributed by atoms with van der Waals surface area (Å²) in [6.07, 6.45) is 0. The predicted octanol–water partition coefficient (Wildman–Crippen LogP) is 3.96. The zero-order valence-corrected chi connectivity index (χ0v) is 17.1. The summed E-state index contributed by atoms with van der Waals surface area (Å²) in [5.41, 5.74) is 3.88. The topological polar surface area (TPSA) is 81.0 Å². The molecule has 2 aromatic carbocycles. The highest BCUT2D eigenvalue weighted by Crippen LogP contribution is 2.30. The highest BCUT2D eigenvalue weighted by atomic mass is 16.2. The zero-order valence-electron chi connectivity index (χ0n) is 17.1. The Bertz CT molecular complexity index is 1320. The fourth-order valence-corrected chi connectivity index (χ4v) is 4.27. The van der Waals surface area contributed by atoms with Gasteiger partial charge < -0.3 is 14.5 Å². The van der Waals surface area contributed by atoms with Crippen molar-refractivity contribution in [3.63, 3.8) is 0 Å². The van der Waals surface area contributed by atoms with E-state index in [2.05, 4.69) is 22.5 Å². The van der Waals surface area contributed by atoms with Gasteiger partial charge in [0.2, 0.25) is 5.95 Å². The van der Waals surface area contributed by atoms with Gasteiger partial charge in [-0.15, -0.1) is 0 Å². The molecular formula is C23H23N5O2. The van der Waals surface area contributed by atoms with Gasteiger partial charge in [0, 0.05) is 29.1 Å². The van der Waals surface area contributed by atoms with Crippen molar-refractivity contribution < 1.29 is 9.59 Å². The molecular weight excluding hydrogens is 378 g/mol. The maximum absolute atomic E-state index is 13.0. The van der Waals surface area contributed by atoms with Crippen LogP contribution in [0.25, 0.3) is 21.9 Å². The molecule has 4 aromatic rings. The summed E-state index contributed by atoms with van der Waals surface area (Å²) >= 11 is 0. The van der Waals surface area contributed by atoms with E-state index < -0.39 is 0 Å². The van der Waals surface area contributed by atoms with E-state index in [1.807, 2.05) is 65.4 Å². The maximum atomic E-state index is 13.0. The van der Waals surface area contributed by atoms with E-state index in [0.717, 1.165) is 21.9 Å². The average molecular weight is 401 g/mol. The number of anilines is 1. The Hall–Kier alpha value is -3.61. The minimum absolute atomic E-state index is 0.0162. The van der Waals surface area contributed by atoms with Crippen LogP contribution in [0.4, 0.5) is 5.95 Å². The van der Waals surface area contributed by atoms with Crippen LogP contribution >= 0.6 is 0 Å². The van der Waals surface area contributed by atoms with Crippen molar-refractivity contribution in [3.8, 4) is 0 Å². The number of fused-ring (bicyclic) bond motifs is 4. The van der Waals surface area contributed by atoms with Gasteiger partial charge >= 0.3 is 0 Å². The number of nitrogens with one attached hydrogen (secondary N) is 2. The summed E-state index contributed by atoms with van der Waals surface area (Å²) < 4.78 is 4.01. The van der Waals surface area contributed by atoms with Crippen LogP contribution in [0.15, 0.2) is 48.5 Å². The van der Waals surface area contributed by atoms with E-state index in [0.29, 0.717) is 23.8 Å². The van der Waals surface area contributed by atoms with Gasteiger partial charge in [0.25, 0.3) is 11.8 Å². The number of amides is 2. The molecule has 7 heteroatoms. The first-order valence-corrected chi connectivity index (χ1v) is 10.2. The monoisotopic (exact) mass is 401 g/mol. The molecule has 7 nitrogen and oxygen atoms in total.